The molecule has 1 aromatic rings. The summed E-state index contributed by atoms with van der Waals surface area (Å²) in [6, 6.07) is 7.91. The van der Waals surface area contributed by atoms with Gasteiger partial charge in [0, 0.05) is 4.47 Å². The maximum absolute atomic E-state index is 10.2. The van der Waals surface area contributed by atoms with Crippen LogP contribution in [0.25, 0.3) is 0 Å². The van der Waals surface area contributed by atoms with Crippen LogP contribution in [0.5, 0.6) is 0 Å². The summed E-state index contributed by atoms with van der Waals surface area (Å²) in [6.07, 6.45) is 6.39. The zero-order valence-corrected chi connectivity index (χ0v) is 10.2. The lowest BCUT2D eigenvalue weighted by Gasteiger charge is -2.19. The van der Waals surface area contributed by atoms with E-state index in [4.69, 9.17) is 0 Å². The summed E-state index contributed by atoms with van der Waals surface area (Å²) >= 11 is 3.42. The first-order chi connectivity index (χ1) is 7.27. The van der Waals surface area contributed by atoms with Gasteiger partial charge in [0.25, 0.3) is 0 Å². The molecule has 0 heterocycles. The molecule has 0 amide bonds. The first-order valence-corrected chi connectivity index (χ1v) is 6.19. The van der Waals surface area contributed by atoms with Crippen molar-refractivity contribution in [1.82, 2.24) is 0 Å². The molecule has 0 spiro atoms. The van der Waals surface area contributed by atoms with Crippen LogP contribution < -0.4 is 0 Å². The third kappa shape index (κ3) is 2.70. The molecule has 0 fully saturated rings. The lowest BCUT2D eigenvalue weighted by Crippen LogP contribution is -2.04. The lowest BCUT2D eigenvalue weighted by atomic mass is 9.92. The minimum atomic E-state index is -0.414. The van der Waals surface area contributed by atoms with Crippen LogP contribution in [0.3, 0.4) is 0 Å². The van der Waals surface area contributed by atoms with E-state index in [0.717, 1.165) is 22.9 Å². The summed E-state index contributed by atoms with van der Waals surface area (Å²) in [7, 11) is 0. The highest BCUT2D eigenvalue weighted by atomic mass is 79.9. The lowest BCUT2D eigenvalue weighted by molar-refractivity contribution is 0.208. The molecule has 0 saturated carbocycles. The van der Waals surface area contributed by atoms with Crippen LogP contribution in [0, 0.1) is 0 Å². The van der Waals surface area contributed by atoms with Crippen molar-refractivity contribution in [1.29, 1.82) is 0 Å². The van der Waals surface area contributed by atoms with Crippen LogP contribution in [0.2, 0.25) is 0 Å². The van der Waals surface area contributed by atoms with E-state index in [1.54, 1.807) is 0 Å². The minimum absolute atomic E-state index is 0.414. The smallest absolute Gasteiger partial charge is 0.100 e. The third-order valence-corrected chi connectivity index (χ3v) is 3.33. The number of benzene rings is 1. The van der Waals surface area contributed by atoms with Crippen molar-refractivity contribution in [3.63, 3.8) is 0 Å². The highest BCUT2D eigenvalue weighted by Crippen LogP contribution is 2.30. The van der Waals surface area contributed by atoms with E-state index in [-0.39, 0.29) is 0 Å². The molecule has 0 bridgehead atoms. The molecule has 1 aliphatic carbocycles. The van der Waals surface area contributed by atoms with E-state index < -0.39 is 6.10 Å². The summed E-state index contributed by atoms with van der Waals surface area (Å²) in [5.74, 6) is 0. The van der Waals surface area contributed by atoms with E-state index in [9.17, 15) is 5.11 Å². The Labute approximate surface area is 99.0 Å². The molecule has 1 aliphatic rings. The Morgan fingerprint density at radius 3 is 2.80 bits per heavy atom. The second kappa shape index (κ2) is 4.95. The van der Waals surface area contributed by atoms with Gasteiger partial charge in [0.15, 0.2) is 0 Å². The zero-order valence-electron chi connectivity index (χ0n) is 8.62. The zero-order chi connectivity index (χ0) is 10.7. The first-order valence-electron chi connectivity index (χ1n) is 5.40. The minimum Gasteiger partial charge on any atom is -0.384 e. The van der Waals surface area contributed by atoms with Crippen LogP contribution in [-0.2, 0) is 0 Å². The van der Waals surface area contributed by atoms with E-state index in [2.05, 4.69) is 22.0 Å². The van der Waals surface area contributed by atoms with Crippen molar-refractivity contribution in [2.75, 3.05) is 0 Å². The van der Waals surface area contributed by atoms with E-state index in [1.807, 2.05) is 24.3 Å². The first kappa shape index (κ1) is 10.9. The van der Waals surface area contributed by atoms with Crippen molar-refractivity contribution < 1.29 is 5.11 Å². The van der Waals surface area contributed by atoms with Gasteiger partial charge in [-0.05, 0) is 49.0 Å². The predicted molar refractivity (Wildman–Crippen MR) is 65.7 cm³/mol. The Kier molecular flexibility index (Phi) is 3.60. The van der Waals surface area contributed by atoms with Gasteiger partial charge in [-0.1, -0.05) is 34.1 Å². The quantitative estimate of drug-likeness (QED) is 0.803. The monoisotopic (exact) mass is 266 g/mol. The van der Waals surface area contributed by atoms with Crippen molar-refractivity contribution in [2.45, 2.75) is 31.8 Å². The van der Waals surface area contributed by atoms with Crippen molar-refractivity contribution in [2.24, 2.45) is 0 Å². The molecule has 0 saturated heterocycles. The Morgan fingerprint density at radius 2 is 2.13 bits per heavy atom. The molecule has 1 aromatic carbocycles. The summed E-state index contributed by atoms with van der Waals surface area (Å²) in [5.41, 5.74) is 2.16. The molecule has 1 unspecified atom stereocenters. The molecular weight excluding hydrogens is 252 g/mol. The Morgan fingerprint density at radius 1 is 1.27 bits per heavy atom. The number of hydrogen-bond donors (Lipinski definition) is 1. The SMILES string of the molecule is OC(C1=CCCCC1)c1cccc(Br)c1. The number of hydrogen-bond acceptors (Lipinski definition) is 1. The number of rotatable bonds is 2. The fourth-order valence-electron chi connectivity index (χ4n) is 2.00. The highest BCUT2D eigenvalue weighted by molar-refractivity contribution is 9.10. The third-order valence-electron chi connectivity index (χ3n) is 2.84. The molecule has 0 aliphatic heterocycles. The largest absolute Gasteiger partial charge is 0.384 e. The van der Waals surface area contributed by atoms with Crippen molar-refractivity contribution in [3.8, 4) is 0 Å². The Hall–Kier alpha value is -0.600. The van der Waals surface area contributed by atoms with Crippen molar-refractivity contribution >= 4 is 15.9 Å². The van der Waals surface area contributed by atoms with Gasteiger partial charge in [-0.25, -0.2) is 0 Å². The molecule has 1 N–H and O–H groups in total. The van der Waals surface area contributed by atoms with Crippen LogP contribution in [-0.4, -0.2) is 5.11 Å². The second-order valence-electron chi connectivity index (χ2n) is 3.98. The average molecular weight is 267 g/mol. The van der Waals surface area contributed by atoms with Gasteiger partial charge < -0.3 is 5.11 Å². The molecule has 1 atom stereocenters. The number of halogens is 1. The summed E-state index contributed by atoms with van der Waals surface area (Å²) < 4.78 is 1.02. The van der Waals surface area contributed by atoms with Gasteiger partial charge in [-0.15, -0.1) is 0 Å². The molecule has 15 heavy (non-hydrogen) atoms. The fourth-order valence-corrected chi connectivity index (χ4v) is 2.42. The molecule has 0 aromatic heterocycles. The molecule has 0 radical (unpaired) electrons. The standard InChI is InChI=1S/C13H15BrO/c14-12-8-4-7-11(9-12)13(15)10-5-2-1-3-6-10/h4-5,7-9,13,15H,1-3,6H2. The average Bonchev–Trinajstić information content (AvgIpc) is 2.29. The van der Waals surface area contributed by atoms with Crippen LogP contribution in [0.1, 0.15) is 37.4 Å². The number of allylic oxidation sites excluding steroid dienone is 1. The van der Waals surface area contributed by atoms with E-state index in [1.165, 1.54) is 18.4 Å². The molecule has 2 heteroatoms. The van der Waals surface area contributed by atoms with Gasteiger partial charge in [0.05, 0.1) is 0 Å². The maximum Gasteiger partial charge on any atom is 0.100 e. The summed E-state index contributed by atoms with van der Waals surface area (Å²) in [6.45, 7) is 0. The van der Waals surface area contributed by atoms with Gasteiger partial charge in [-0.3, -0.25) is 0 Å². The van der Waals surface area contributed by atoms with E-state index in [0.29, 0.717) is 0 Å². The maximum atomic E-state index is 10.2. The highest BCUT2D eigenvalue weighted by Gasteiger charge is 2.15. The van der Waals surface area contributed by atoms with Crippen LogP contribution >= 0.6 is 15.9 Å². The van der Waals surface area contributed by atoms with Crippen LogP contribution in [0.4, 0.5) is 0 Å². The number of aliphatic hydroxyl groups is 1. The van der Waals surface area contributed by atoms with Gasteiger partial charge >= 0.3 is 0 Å². The molecule has 1 nitrogen and oxygen atoms in total. The van der Waals surface area contributed by atoms with Crippen LogP contribution in [0.15, 0.2) is 40.4 Å². The van der Waals surface area contributed by atoms with Gasteiger partial charge in [0.1, 0.15) is 6.10 Å². The topological polar surface area (TPSA) is 20.2 Å². The summed E-state index contributed by atoms with van der Waals surface area (Å²) in [5, 5.41) is 10.2. The number of aliphatic hydroxyl groups excluding tert-OH is 1. The van der Waals surface area contributed by atoms with Gasteiger partial charge in [-0.2, -0.15) is 0 Å². The van der Waals surface area contributed by atoms with E-state index >= 15 is 0 Å². The van der Waals surface area contributed by atoms with Crippen molar-refractivity contribution in [3.05, 3.63) is 46.0 Å². The summed E-state index contributed by atoms with van der Waals surface area (Å²) in [4.78, 5) is 0. The molecular formula is C13H15BrO. The normalized spacial score (nSPS) is 18.4. The Balaban J connectivity index is 2.19. The molecule has 80 valence electrons. The fraction of sp³-hybridized carbons (Fsp3) is 0.385. The predicted octanol–water partition coefficient (Wildman–Crippen LogP) is 3.98. The van der Waals surface area contributed by atoms with Gasteiger partial charge in [0.2, 0.25) is 0 Å². The Bertz CT molecular complexity index is 371. The molecule has 2 rings (SSSR count). The second-order valence-corrected chi connectivity index (χ2v) is 4.90.